The SMILES string of the molecule is CC(NC(=O)c1cc(-c2cn(C(C)C(=O)O)nn2)ccn1)c1ccncc1. The van der Waals surface area contributed by atoms with Crippen LogP contribution in [0.1, 0.15) is 42.0 Å². The highest BCUT2D eigenvalue weighted by Gasteiger charge is 2.17. The van der Waals surface area contributed by atoms with Gasteiger partial charge in [0.2, 0.25) is 0 Å². The lowest BCUT2D eigenvalue weighted by Crippen LogP contribution is -2.27. The van der Waals surface area contributed by atoms with E-state index in [-0.39, 0.29) is 17.6 Å². The van der Waals surface area contributed by atoms with Crippen LogP contribution in [0.15, 0.2) is 49.1 Å². The zero-order valence-electron chi connectivity index (χ0n) is 14.8. The summed E-state index contributed by atoms with van der Waals surface area (Å²) in [7, 11) is 0. The van der Waals surface area contributed by atoms with Gasteiger partial charge in [0, 0.05) is 24.2 Å². The minimum absolute atomic E-state index is 0.205. The fraction of sp³-hybridized carbons (Fsp3) is 0.222. The summed E-state index contributed by atoms with van der Waals surface area (Å²) < 4.78 is 1.25. The first kappa shape index (κ1) is 18.2. The van der Waals surface area contributed by atoms with Gasteiger partial charge in [-0.1, -0.05) is 5.21 Å². The molecule has 0 aliphatic heterocycles. The summed E-state index contributed by atoms with van der Waals surface area (Å²) in [5.74, 6) is -1.33. The van der Waals surface area contributed by atoms with E-state index in [1.165, 1.54) is 24.0 Å². The van der Waals surface area contributed by atoms with Crippen molar-refractivity contribution in [3.8, 4) is 11.3 Å². The van der Waals surface area contributed by atoms with E-state index in [0.717, 1.165) is 5.56 Å². The number of hydrogen-bond acceptors (Lipinski definition) is 6. The number of amides is 1. The van der Waals surface area contributed by atoms with E-state index in [2.05, 4.69) is 25.6 Å². The third-order valence-corrected chi connectivity index (χ3v) is 4.11. The van der Waals surface area contributed by atoms with Gasteiger partial charge in [-0.2, -0.15) is 0 Å². The Balaban J connectivity index is 1.77. The van der Waals surface area contributed by atoms with Crippen LogP contribution in [0, 0.1) is 0 Å². The quantitative estimate of drug-likeness (QED) is 0.682. The first-order chi connectivity index (χ1) is 13.0. The Morgan fingerprint density at radius 3 is 2.59 bits per heavy atom. The van der Waals surface area contributed by atoms with Crippen molar-refractivity contribution >= 4 is 11.9 Å². The van der Waals surface area contributed by atoms with Gasteiger partial charge in [-0.05, 0) is 43.7 Å². The molecule has 9 heteroatoms. The van der Waals surface area contributed by atoms with Crippen LogP contribution >= 0.6 is 0 Å². The molecule has 0 bridgehead atoms. The Kier molecular flexibility index (Phi) is 5.20. The normalized spacial score (nSPS) is 13.0. The van der Waals surface area contributed by atoms with E-state index in [1.54, 1.807) is 24.5 Å². The molecule has 9 nitrogen and oxygen atoms in total. The number of nitrogens with one attached hydrogen (secondary N) is 1. The molecule has 1 amide bonds. The molecule has 0 aromatic carbocycles. The molecule has 0 spiro atoms. The van der Waals surface area contributed by atoms with Gasteiger partial charge in [-0.3, -0.25) is 14.8 Å². The molecular formula is C18H18N6O3. The molecule has 0 saturated carbocycles. The molecule has 0 aliphatic rings. The fourth-order valence-corrected chi connectivity index (χ4v) is 2.43. The summed E-state index contributed by atoms with van der Waals surface area (Å²) in [4.78, 5) is 31.6. The summed E-state index contributed by atoms with van der Waals surface area (Å²) in [5, 5.41) is 19.8. The van der Waals surface area contributed by atoms with Gasteiger partial charge < -0.3 is 10.4 Å². The van der Waals surface area contributed by atoms with E-state index in [1.807, 2.05) is 19.1 Å². The predicted molar refractivity (Wildman–Crippen MR) is 95.7 cm³/mol. The van der Waals surface area contributed by atoms with Crippen LogP contribution in [0.3, 0.4) is 0 Å². The first-order valence-corrected chi connectivity index (χ1v) is 8.27. The molecule has 2 atom stereocenters. The van der Waals surface area contributed by atoms with Gasteiger partial charge >= 0.3 is 5.97 Å². The third kappa shape index (κ3) is 4.14. The summed E-state index contributed by atoms with van der Waals surface area (Å²) in [6, 6.07) is 5.89. The molecule has 2 N–H and O–H groups in total. The summed E-state index contributed by atoms with van der Waals surface area (Å²) >= 11 is 0. The largest absolute Gasteiger partial charge is 0.480 e. The standard InChI is InChI=1S/C18H18N6O3/c1-11(13-3-6-19-7-4-13)21-17(25)15-9-14(5-8-20-15)16-10-24(23-22-16)12(2)18(26)27/h3-12H,1-2H3,(H,21,25)(H,26,27). The fourth-order valence-electron chi connectivity index (χ4n) is 2.43. The molecule has 0 fully saturated rings. The van der Waals surface area contributed by atoms with Gasteiger partial charge in [-0.15, -0.1) is 5.10 Å². The smallest absolute Gasteiger partial charge is 0.328 e. The number of carboxylic acid groups (broad SMARTS) is 1. The van der Waals surface area contributed by atoms with E-state index < -0.39 is 12.0 Å². The van der Waals surface area contributed by atoms with Crippen molar-refractivity contribution in [1.82, 2.24) is 30.3 Å². The number of nitrogens with zero attached hydrogens (tertiary/aromatic N) is 5. The van der Waals surface area contributed by atoms with Crippen LogP contribution in [0.25, 0.3) is 11.3 Å². The maximum absolute atomic E-state index is 12.5. The van der Waals surface area contributed by atoms with Crippen molar-refractivity contribution in [2.75, 3.05) is 0 Å². The Hall–Kier alpha value is -3.62. The molecule has 3 aromatic rings. The number of aromatic nitrogens is 5. The van der Waals surface area contributed by atoms with E-state index in [4.69, 9.17) is 5.11 Å². The number of carbonyl (C=O) groups is 2. The topological polar surface area (TPSA) is 123 Å². The molecule has 3 aromatic heterocycles. The van der Waals surface area contributed by atoms with Crippen LogP contribution in [0.2, 0.25) is 0 Å². The molecule has 0 aliphatic carbocycles. The number of hydrogen-bond donors (Lipinski definition) is 2. The van der Waals surface area contributed by atoms with Crippen LogP contribution in [0.5, 0.6) is 0 Å². The Morgan fingerprint density at radius 2 is 1.89 bits per heavy atom. The van der Waals surface area contributed by atoms with E-state index in [9.17, 15) is 9.59 Å². The maximum atomic E-state index is 12.5. The van der Waals surface area contributed by atoms with E-state index in [0.29, 0.717) is 11.3 Å². The molecule has 0 saturated heterocycles. The Morgan fingerprint density at radius 1 is 1.15 bits per heavy atom. The van der Waals surface area contributed by atoms with Crippen molar-refractivity contribution in [3.05, 3.63) is 60.3 Å². The van der Waals surface area contributed by atoms with Gasteiger partial charge in [0.25, 0.3) is 5.91 Å². The molecule has 0 radical (unpaired) electrons. The molecule has 27 heavy (non-hydrogen) atoms. The Labute approximate surface area is 155 Å². The zero-order valence-corrected chi connectivity index (χ0v) is 14.8. The van der Waals surface area contributed by atoms with Gasteiger partial charge in [0.1, 0.15) is 17.4 Å². The van der Waals surface area contributed by atoms with Crippen molar-refractivity contribution in [1.29, 1.82) is 0 Å². The molecule has 2 unspecified atom stereocenters. The second kappa shape index (κ2) is 7.73. The number of carbonyl (C=O) groups excluding carboxylic acids is 1. The average Bonchev–Trinajstić information content (AvgIpc) is 3.18. The summed E-state index contributed by atoms with van der Waals surface area (Å²) in [6.45, 7) is 3.38. The number of pyridine rings is 2. The third-order valence-electron chi connectivity index (χ3n) is 4.11. The highest BCUT2D eigenvalue weighted by Crippen LogP contribution is 2.19. The minimum atomic E-state index is -1.01. The Bertz CT molecular complexity index is 956. The van der Waals surface area contributed by atoms with Gasteiger partial charge in [-0.25, -0.2) is 9.48 Å². The van der Waals surface area contributed by atoms with Gasteiger partial charge in [0.15, 0.2) is 0 Å². The zero-order chi connectivity index (χ0) is 19.4. The second-order valence-corrected chi connectivity index (χ2v) is 6.00. The summed E-state index contributed by atoms with van der Waals surface area (Å²) in [5.41, 5.74) is 2.24. The highest BCUT2D eigenvalue weighted by molar-refractivity contribution is 5.93. The lowest BCUT2D eigenvalue weighted by Gasteiger charge is -2.13. The number of carboxylic acids is 1. The maximum Gasteiger partial charge on any atom is 0.328 e. The van der Waals surface area contributed by atoms with Crippen molar-refractivity contribution in [2.45, 2.75) is 25.9 Å². The average molecular weight is 366 g/mol. The summed E-state index contributed by atoms with van der Waals surface area (Å²) in [6.07, 6.45) is 6.35. The van der Waals surface area contributed by atoms with E-state index >= 15 is 0 Å². The number of rotatable bonds is 6. The molecule has 3 rings (SSSR count). The minimum Gasteiger partial charge on any atom is -0.480 e. The molecule has 3 heterocycles. The first-order valence-electron chi connectivity index (χ1n) is 8.27. The highest BCUT2D eigenvalue weighted by atomic mass is 16.4. The monoisotopic (exact) mass is 366 g/mol. The van der Waals surface area contributed by atoms with Crippen molar-refractivity contribution in [3.63, 3.8) is 0 Å². The molecular weight excluding hydrogens is 348 g/mol. The van der Waals surface area contributed by atoms with Crippen LogP contribution < -0.4 is 5.32 Å². The predicted octanol–water partition coefficient (Wildman–Crippen LogP) is 1.87. The lowest BCUT2D eigenvalue weighted by molar-refractivity contribution is -0.140. The van der Waals surface area contributed by atoms with Crippen molar-refractivity contribution in [2.24, 2.45) is 0 Å². The van der Waals surface area contributed by atoms with Gasteiger partial charge in [0.05, 0.1) is 12.2 Å². The number of aliphatic carboxylic acids is 1. The second-order valence-electron chi connectivity index (χ2n) is 6.00. The van der Waals surface area contributed by atoms with Crippen LogP contribution in [-0.4, -0.2) is 41.9 Å². The van der Waals surface area contributed by atoms with Crippen LogP contribution in [0.4, 0.5) is 0 Å². The lowest BCUT2D eigenvalue weighted by atomic mass is 10.1. The van der Waals surface area contributed by atoms with Crippen LogP contribution in [-0.2, 0) is 4.79 Å². The van der Waals surface area contributed by atoms with Crippen molar-refractivity contribution < 1.29 is 14.7 Å². The molecule has 138 valence electrons.